The highest BCUT2D eigenvalue weighted by Crippen LogP contribution is 2.19. The van der Waals surface area contributed by atoms with Crippen molar-refractivity contribution in [2.24, 2.45) is 5.10 Å². The number of halogens is 1. The monoisotopic (exact) mass is 301 g/mol. The van der Waals surface area contributed by atoms with Crippen LogP contribution in [-0.2, 0) is 0 Å². The summed E-state index contributed by atoms with van der Waals surface area (Å²) >= 11 is 12.6. The van der Waals surface area contributed by atoms with Gasteiger partial charge < -0.3 is 5.32 Å². The lowest BCUT2D eigenvalue weighted by Crippen LogP contribution is -2.36. The molecule has 0 bridgehead atoms. The maximum Gasteiger partial charge on any atom is 0.195 e. The maximum atomic E-state index is 6.02. The Balaban J connectivity index is 2.07. The van der Waals surface area contributed by atoms with Gasteiger partial charge in [0.1, 0.15) is 5.69 Å². The van der Waals surface area contributed by atoms with Gasteiger partial charge in [0.25, 0.3) is 0 Å². The van der Waals surface area contributed by atoms with Crippen LogP contribution in [0, 0.1) is 0 Å². The lowest BCUT2D eigenvalue weighted by atomic mass is 10.4. The van der Waals surface area contributed by atoms with E-state index >= 15 is 0 Å². The predicted molar refractivity (Wildman–Crippen MR) is 79.7 cm³/mol. The normalized spacial score (nSPS) is 11.6. The molecule has 0 spiro atoms. The molecule has 18 heavy (non-hydrogen) atoms. The minimum absolute atomic E-state index is 0.266. The Kier molecular flexibility index (Phi) is 4.15. The molecular weight excluding hydrogens is 290 g/mol. The molecule has 0 aliphatic rings. The van der Waals surface area contributed by atoms with Crippen molar-refractivity contribution in [3.05, 3.63) is 22.4 Å². The maximum absolute atomic E-state index is 6.02. The number of nitrogens with zero attached hydrogens (tertiary/aromatic N) is 3. The zero-order valence-electron chi connectivity index (χ0n) is 9.85. The summed E-state index contributed by atoms with van der Waals surface area (Å²) in [5, 5.41) is 9.90. The second kappa shape index (κ2) is 5.64. The minimum atomic E-state index is 0.266. The Morgan fingerprint density at radius 3 is 3.17 bits per heavy atom. The van der Waals surface area contributed by atoms with E-state index in [9.17, 15) is 0 Å². The second-order valence-corrected chi connectivity index (χ2v) is 5.48. The molecule has 2 aromatic rings. The number of hydrogen-bond donors (Lipinski definition) is 2. The summed E-state index contributed by atoms with van der Waals surface area (Å²) in [5.41, 5.74) is 3.46. The third-order valence-corrected chi connectivity index (χ3v) is 3.27. The van der Waals surface area contributed by atoms with Gasteiger partial charge in [0.15, 0.2) is 15.2 Å². The van der Waals surface area contributed by atoms with Crippen LogP contribution < -0.4 is 10.7 Å². The molecule has 5 nitrogen and oxygen atoms in total. The van der Waals surface area contributed by atoms with Gasteiger partial charge in [-0.15, -0.1) is 11.3 Å². The van der Waals surface area contributed by atoms with Crippen LogP contribution in [0.2, 0.25) is 5.15 Å². The number of imidazole rings is 1. The first-order valence-corrected chi connectivity index (χ1v) is 6.95. The fourth-order valence-electron chi connectivity index (χ4n) is 1.34. The zero-order chi connectivity index (χ0) is 13.1. The molecule has 8 heteroatoms. The lowest BCUT2D eigenvalue weighted by Gasteiger charge is -2.09. The molecule has 96 valence electrons. The summed E-state index contributed by atoms with van der Waals surface area (Å²) < 4.78 is 1.87. The van der Waals surface area contributed by atoms with E-state index in [1.807, 2.05) is 29.8 Å². The van der Waals surface area contributed by atoms with Crippen molar-refractivity contribution in [1.29, 1.82) is 0 Å². The van der Waals surface area contributed by atoms with Crippen molar-refractivity contribution in [2.75, 3.05) is 0 Å². The van der Waals surface area contributed by atoms with Gasteiger partial charge in [0.05, 0.1) is 6.21 Å². The topological polar surface area (TPSA) is 53.7 Å². The number of fused-ring (bicyclic) bond motifs is 1. The number of hydrogen-bond acceptors (Lipinski definition) is 4. The molecule has 2 rings (SSSR count). The number of aromatic nitrogens is 2. The average Bonchev–Trinajstić information content (AvgIpc) is 2.80. The van der Waals surface area contributed by atoms with Crippen LogP contribution in [0.15, 0.2) is 16.7 Å². The van der Waals surface area contributed by atoms with Crippen LogP contribution in [0.1, 0.15) is 19.5 Å². The molecule has 0 fully saturated rings. The van der Waals surface area contributed by atoms with E-state index in [0.717, 1.165) is 10.7 Å². The van der Waals surface area contributed by atoms with Gasteiger partial charge in [-0.2, -0.15) is 5.10 Å². The molecule has 2 aromatic heterocycles. The van der Waals surface area contributed by atoms with Gasteiger partial charge in [0.2, 0.25) is 0 Å². The largest absolute Gasteiger partial charge is 0.359 e. The highest BCUT2D eigenvalue weighted by molar-refractivity contribution is 7.80. The number of hydrazone groups is 1. The number of thiocarbonyl (C=S) groups is 1. The van der Waals surface area contributed by atoms with Crippen LogP contribution in [0.25, 0.3) is 4.96 Å². The molecule has 2 heterocycles. The van der Waals surface area contributed by atoms with Crippen LogP contribution in [0.3, 0.4) is 0 Å². The Labute approximate surface area is 119 Å². The van der Waals surface area contributed by atoms with E-state index in [-0.39, 0.29) is 6.04 Å². The fraction of sp³-hybridized carbons (Fsp3) is 0.300. The summed E-state index contributed by atoms with van der Waals surface area (Å²) in [4.78, 5) is 5.04. The zero-order valence-corrected chi connectivity index (χ0v) is 12.2. The van der Waals surface area contributed by atoms with Gasteiger partial charge in [-0.25, -0.2) is 4.98 Å². The molecule has 0 aliphatic heterocycles. The molecule has 2 N–H and O–H groups in total. The molecule has 0 radical (unpaired) electrons. The van der Waals surface area contributed by atoms with Crippen molar-refractivity contribution in [2.45, 2.75) is 19.9 Å². The van der Waals surface area contributed by atoms with Gasteiger partial charge in [-0.05, 0) is 26.1 Å². The summed E-state index contributed by atoms with van der Waals surface area (Å²) in [5.74, 6) is 0. The third kappa shape index (κ3) is 2.98. The summed E-state index contributed by atoms with van der Waals surface area (Å²) in [6.07, 6.45) is 3.49. The van der Waals surface area contributed by atoms with Crippen molar-refractivity contribution in [3.8, 4) is 0 Å². The highest BCUT2D eigenvalue weighted by atomic mass is 35.5. The molecule has 0 aromatic carbocycles. The van der Waals surface area contributed by atoms with Crippen LogP contribution in [-0.4, -0.2) is 26.8 Å². The van der Waals surface area contributed by atoms with Gasteiger partial charge in [0, 0.05) is 17.6 Å². The Bertz CT molecular complexity index is 586. The van der Waals surface area contributed by atoms with Crippen LogP contribution >= 0.6 is 35.2 Å². The second-order valence-electron chi connectivity index (χ2n) is 3.84. The molecule has 0 saturated carbocycles. The van der Waals surface area contributed by atoms with Crippen molar-refractivity contribution < 1.29 is 0 Å². The third-order valence-electron chi connectivity index (χ3n) is 2.03. The van der Waals surface area contributed by atoms with E-state index in [4.69, 9.17) is 23.8 Å². The summed E-state index contributed by atoms with van der Waals surface area (Å²) in [6.45, 7) is 4.00. The number of rotatable bonds is 3. The SMILES string of the molecule is CC(C)NC(=S)N/N=C/c1c(Cl)nc2sccn12. The van der Waals surface area contributed by atoms with Crippen molar-refractivity contribution in [3.63, 3.8) is 0 Å². The standard InChI is InChI=1S/C10H12ClN5S2/c1-6(2)13-9(17)15-12-5-7-8(11)14-10-16(7)3-4-18-10/h3-6H,1-2H3,(H2,13,15,17)/b12-5+. The molecule has 0 amide bonds. The first-order valence-electron chi connectivity index (χ1n) is 5.28. The molecule has 0 saturated heterocycles. The number of thiazole rings is 1. The smallest absolute Gasteiger partial charge is 0.195 e. The predicted octanol–water partition coefficient (Wildman–Crippen LogP) is 2.26. The number of nitrogens with one attached hydrogen (secondary N) is 2. The van der Waals surface area contributed by atoms with Crippen molar-refractivity contribution in [1.82, 2.24) is 20.1 Å². The summed E-state index contributed by atoms with van der Waals surface area (Å²) in [6, 6.07) is 0.266. The Morgan fingerprint density at radius 2 is 2.44 bits per heavy atom. The Hall–Kier alpha value is -1.18. The fourth-order valence-corrected chi connectivity index (χ4v) is 2.62. The molecule has 0 atom stereocenters. The first-order chi connectivity index (χ1) is 8.58. The molecular formula is C10H12ClN5S2. The minimum Gasteiger partial charge on any atom is -0.359 e. The summed E-state index contributed by atoms with van der Waals surface area (Å²) in [7, 11) is 0. The van der Waals surface area contributed by atoms with Gasteiger partial charge in [-0.3, -0.25) is 9.83 Å². The van der Waals surface area contributed by atoms with Crippen LogP contribution in [0.5, 0.6) is 0 Å². The van der Waals surface area contributed by atoms with Crippen molar-refractivity contribution >= 4 is 51.4 Å². The Morgan fingerprint density at radius 1 is 1.67 bits per heavy atom. The quantitative estimate of drug-likeness (QED) is 0.519. The first kappa shape index (κ1) is 13.3. The molecule has 0 aliphatic carbocycles. The average molecular weight is 302 g/mol. The highest BCUT2D eigenvalue weighted by Gasteiger charge is 2.08. The van der Waals surface area contributed by atoms with E-state index in [0.29, 0.717) is 10.3 Å². The van der Waals surface area contributed by atoms with E-state index < -0.39 is 0 Å². The van der Waals surface area contributed by atoms with Crippen LogP contribution in [0.4, 0.5) is 0 Å². The molecule has 0 unspecified atom stereocenters. The van der Waals surface area contributed by atoms with E-state index in [1.54, 1.807) is 6.21 Å². The lowest BCUT2D eigenvalue weighted by molar-refractivity contribution is 0.719. The van der Waals surface area contributed by atoms with E-state index in [2.05, 4.69) is 20.8 Å². The van der Waals surface area contributed by atoms with E-state index in [1.165, 1.54) is 11.3 Å². The van der Waals surface area contributed by atoms with Gasteiger partial charge in [-0.1, -0.05) is 11.6 Å². The van der Waals surface area contributed by atoms with Gasteiger partial charge >= 0.3 is 0 Å².